The third-order valence-electron chi connectivity index (χ3n) is 5.40. The van der Waals surface area contributed by atoms with Crippen molar-refractivity contribution in [3.8, 4) is 11.5 Å². The molecule has 1 aliphatic rings. The number of nitrogens with one attached hydrogen (secondary N) is 1. The van der Waals surface area contributed by atoms with Gasteiger partial charge in [0.05, 0.1) is 11.1 Å². The van der Waals surface area contributed by atoms with Crippen LogP contribution in [0.4, 0.5) is 0 Å². The number of aromatic hydroxyl groups is 1. The van der Waals surface area contributed by atoms with E-state index < -0.39 is 0 Å². The molecule has 2 N–H and O–H groups in total. The molecule has 2 aromatic carbocycles. The van der Waals surface area contributed by atoms with E-state index >= 15 is 0 Å². The maximum atomic E-state index is 13.0. The Balaban J connectivity index is 1.59. The van der Waals surface area contributed by atoms with Crippen LogP contribution >= 0.6 is 0 Å². The molecule has 0 radical (unpaired) electrons. The van der Waals surface area contributed by atoms with Crippen molar-refractivity contribution in [2.75, 3.05) is 34.2 Å². The van der Waals surface area contributed by atoms with Gasteiger partial charge in [-0.05, 0) is 64.9 Å². The summed E-state index contributed by atoms with van der Waals surface area (Å²) in [6.45, 7) is 2.39. The van der Waals surface area contributed by atoms with Gasteiger partial charge in [-0.3, -0.25) is 4.79 Å². The van der Waals surface area contributed by atoms with Crippen LogP contribution in [0.2, 0.25) is 0 Å². The molecule has 0 unspecified atom stereocenters. The summed E-state index contributed by atoms with van der Waals surface area (Å²) < 4.78 is 6.00. The van der Waals surface area contributed by atoms with Crippen molar-refractivity contribution in [3.05, 3.63) is 65.0 Å². The molecule has 4 rings (SSSR count). The van der Waals surface area contributed by atoms with Gasteiger partial charge in [-0.15, -0.1) is 0 Å². The van der Waals surface area contributed by atoms with Crippen LogP contribution in [0.25, 0.3) is 17.0 Å². The van der Waals surface area contributed by atoms with Crippen LogP contribution < -0.4 is 4.74 Å². The molecule has 0 spiro atoms. The second-order valence-corrected chi connectivity index (χ2v) is 8.06. The number of hydrogen-bond acceptors (Lipinski definition) is 5. The lowest BCUT2D eigenvalue weighted by Crippen LogP contribution is -2.23. The number of aromatic amines is 1. The molecular formula is C24H27N3O3. The highest BCUT2D eigenvalue weighted by atomic mass is 16.5. The number of ketones is 1. The summed E-state index contributed by atoms with van der Waals surface area (Å²) in [5, 5.41) is 11.5. The monoisotopic (exact) mass is 405 g/mol. The number of phenols is 1. The molecule has 0 saturated heterocycles. The van der Waals surface area contributed by atoms with Crippen LogP contribution in [0, 0.1) is 0 Å². The van der Waals surface area contributed by atoms with Crippen molar-refractivity contribution in [2.45, 2.75) is 13.0 Å². The summed E-state index contributed by atoms with van der Waals surface area (Å²) in [4.78, 5) is 20.4. The number of Topliss-reactive ketones (excluding diaryl/α,β-unsaturated/α-hetero) is 1. The zero-order valence-electron chi connectivity index (χ0n) is 17.6. The second kappa shape index (κ2) is 8.34. The van der Waals surface area contributed by atoms with Gasteiger partial charge in [-0.2, -0.15) is 0 Å². The first-order valence-electron chi connectivity index (χ1n) is 10.1. The lowest BCUT2D eigenvalue weighted by Gasteiger charge is -2.20. The van der Waals surface area contributed by atoms with E-state index in [2.05, 4.69) is 28.9 Å². The predicted octanol–water partition coefficient (Wildman–Crippen LogP) is 3.87. The quantitative estimate of drug-likeness (QED) is 0.584. The molecule has 1 aromatic heterocycles. The number of aromatic nitrogens is 1. The van der Waals surface area contributed by atoms with Gasteiger partial charge in [0.2, 0.25) is 5.78 Å². The largest absolute Gasteiger partial charge is 0.507 e. The third kappa shape index (κ3) is 3.97. The Bertz CT molecular complexity index is 1110. The predicted molar refractivity (Wildman–Crippen MR) is 119 cm³/mol. The molecule has 3 aromatic rings. The van der Waals surface area contributed by atoms with Gasteiger partial charge in [0.25, 0.3) is 0 Å². The van der Waals surface area contributed by atoms with E-state index in [4.69, 9.17) is 4.74 Å². The number of nitrogens with zero attached hydrogens (tertiary/aromatic N) is 2. The minimum atomic E-state index is -0.160. The maximum absolute atomic E-state index is 13.0. The van der Waals surface area contributed by atoms with Crippen molar-refractivity contribution in [1.82, 2.24) is 14.8 Å². The first-order chi connectivity index (χ1) is 14.4. The molecule has 0 amide bonds. The fourth-order valence-electron chi connectivity index (χ4n) is 3.81. The van der Waals surface area contributed by atoms with Gasteiger partial charge < -0.3 is 24.6 Å². The third-order valence-corrected chi connectivity index (χ3v) is 5.40. The number of benzene rings is 2. The number of para-hydroxylation sites is 1. The maximum Gasteiger partial charge on any atom is 0.231 e. The number of H-pyrrole nitrogens is 1. The van der Waals surface area contributed by atoms with Gasteiger partial charge in [-0.25, -0.2) is 0 Å². The highest BCUT2D eigenvalue weighted by Crippen LogP contribution is 2.40. The second-order valence-electron chi connectivity index (χ2n) is 8.06. The SMILES string of the molecule is CN(C)CCCN(C)Cc1c(O)ccc2c1O/C(=C\c1c[nH]c3ccccc13)C2=O. The molecule has 0 saturated carbocycles. The highest BCUT2D eigenvalue weighted by Gasteiger charge is 2.31. The van der Waals surface area contributed by atoms with Crippen LogP contribution in [-0.2, 0) is 6.54 Å². The summed E-state index contributed by atoms with van der Waals surface area (Å²) in [6, 6.07) is 11.1. The van der Waals surface area contributed by atoms with E-state index in [1.165, 1.54) is 0 Å². The average Bonchev–Trinajstić information content (AvgIpc) is 3.26. The molecule has 156 valence electrons. The van der Waals surface area contributed by atoms with Crippen molar-refractivity contribution in [1.29, 1.82) is 0 Å². The van der Waals surface area contributed by atoms with Gasteiger partial charge in [0.15, 0.2) is 5.76 Å². The minimum absolute atomic E-state index is 0.148. The van der Waals surface area contributed by atoms with E-state index in [-0.39, 0.29) is 17.3 Å². The number of carbonyl (C=O) groups excluding carboxylic acids is 1. The fourth-order valence-corrected chi connectivity index (χ4v) is 3.81. The zero-order chi connectivity index (χ0) is 21.3. The first-order valence-corrected chi connectivity index (χ1v) is 10.1. The van der Waals surface area contributed by atoms with E-state index in [1.807, 2.05) is 37.5 Å². The Morgan fingerprint density at radius 1 is 1.10 bits per heavy atom. The number of fused-ring (bicyclic) bond motifs is 2. The summed E-state index contributed by atoms with van der Waals surface area (Å²) in [5.41, 5.74) is 3.05. The number of carbonyl (C=O) groups is 1. The molecule has 30 heavy (non-hydrogen) atoms. The van der Waals surface area contributed by atoms with E-state index in [0.717, 1.165) is 36.0 Å². The van der Waals surface area contributed by atoms with Crippen LogP contribution in [0.5, 0.6) is 11.5 Å². The molecule has 0 atom stereocenters. The molecule has 2 heterocycles. The van der Waals surface area contributed by atoms with Crippen molar-refractivity contribution in [3.63, 3.8) is 0 Å². The number of phenolic OH excluding ortho intramolecular Hbond substituents is 1. The summed E-state index contributed by atoms with van der Waals surface area (Å²) in [7, 11) is 6.11. The average molecular weight is 405 g/mol. The number of allylic oxidation sites excluding steroid dienone is 1. The zero-order valence-corrected chi connectivity index (χ0v) is 17.6. The first kappa shape index (κ1) is 20.2. The Hall–Kier alpha value is -3.09. The fraction of sp³-hybridized carbons (Fsp3) is 0.292. The minimum Gasteiger partial charge on any atom is -0.507 e. The van der Waals surface area contributed by atoms with Gasteiger partial charge >= 0.3 is 0 Å². The van der Waals surface area contributed by atoms with Crippen molar-refractivity contribution >= 4 is 22.8 Å². The van der Waals surface area contributed by atoms with E-state index in [9.17, 15) is 9.90 Å². The molecule has 6 heteroatoms. The van der Waals surface area contributed by atoms with Crippen LogP contribution in [0.15, 0.2) is 48.4 Å². The van der Waals surface area contributed by atoms with Crippen LogP contribution in [-0.4, -0.2) is 59.9 Å². The van der Waals surface area contributed by atoms with Gasteiger partial charge in [-0.1, -0.05) is 18.2 Å². The smallest absolute Gasteiger partial charge is 0.231 e. The molecule has 0 fully saturated rings. The summed E-state index contributed by atoms with van der Waals surface area (Å²) in [6.07, 6.45) is 4.65. The highest BCUT2D eigenvalue weighted by molar-refractivity contribution is 6.15. The standard InChI is InChI=1S/C24H27N3O3/c1-26(2)11-6-12-27(3)15-19-21(28)10-9-18-23(29)22(30-24(18)19)13-16-14-25-20-8-5-4-7-17(16)20/h4-5,7-10,13-14,25,28H,6,11-12,15H2,1-3H3/b22-13-. The Labute approximate surface area is 176 Å². The summed E-state index contributed by atoms with van der Waals surface area (Å²) >= 11 is 0. The normalized spacial score (nSPS) is 14.8. The van der Waals surface area contributed by atoms with E-state index in [0.29, 0.717) is 23.4 Å². The molecule has 1 aliphatic heterocycles. The number of rotatable bonds is 7. The molecular weight excluding hydrogens is 378 g/mol. The lowest BCUT2D eigenvalue weighted by molar-refractivity contribution is 0.101. The van der Waals surface area contributed by atoms with Crippen LogP contribution in [0.1, 0.15) is 27.9 Å². The Kier molecular flexibility index (Phi) is 5.61. The van der Waals surface area contributed by atoms with E-state index in [1.54, 1.807) is 18.2 Å². The lowest BCUT2D eigenvalue weighted by atomic mass is 10.0. The van der Waals surface area contributed by atoms with Gasteiger partial charge in [0, 0.05) is 29.2 Å². The molecule has 0 aliphatic carbocycles. The Morgan fingerprint density at radius 3 is 2.70 bits per heavy atom. The van der Waals surface area contributed by atoms with Crippen LogP contribution in [0.3, 0.4) is 0 Å². The van der Waals surface area contributed by atoms with Gasteiger partial charge in [0.1, 0.15) is 11.5 Å². The molecule has 6 nitrogen and oxygen atoms in total. The van der Waals surface area contributed by atoms with Crippen molar-refractivity contribution in [2.24, 2.45) is 0 Å². The number of hydrogen-bond donors (Lipinski definition) is 2. The van der Waals surface area contributed by atoms with Crippen molar-refractivity contribution < 1.29 is 14.6 Å². The summed E-state index contributed by atoms with van der Waals surface area (Å²) in [5.74, 6) is 0.726. The topological polar surface area (TPSA) is 68.8 Å². The molecule has 0 bridgehead atoms. The number of ether oxygens (including phenoxy) is 1. The Morgan fingerprint density at radius 2 is 1.90 bits per heavy atom.